The number of hydrogen-bond donors (Lipinski definition) is 1. The number of carbonyl (C=O) groups excluding carboxylic acids is 1. The van der Waals surface area contributed by atoms with Gasteiger partial charge >= 0.3 is 0 Å². The second-order valence-corrected chi connectivity index (χ2v) is 5.41. The lowest BCUT2D eigenvalue weighted by Gasteiger charge is -2.08. The Morgan fingerprint density at radius 2 is 1.91 bits per heavy atom. The lowest BCUT2D eigenvalue weighted by Crippen LogP contribution is -2.12. The second-order valence-electron chi connectivity index (χ2n) is 5.41. The van der Waals surface area contributed by atoms with Gasteiger partial charge in [0.25, 0.3) is 5.91 Å². The zero-order valence-corrected chi connectivity index (χ0v) is 13.1. The largest absolute Gasteiger partial charge is 0.322 e. The first kappa shape index (κ1) is 15.0. The number of anilines is 1. The van der Waals surface area contributed by atoms with Gasteiger partial charge in [-0.2, -0.15) is 5.10 Å². The van der Waals surface area contributed by atoms with E-state index in [2.05, 4.69) is 17.3 Å². The average molecular weight is 305 g/mol. The van der Waals surface area contributed by atoms with Gasteiger partial charge in [0.15, 0.2) is 0 Å². The summed E-state index contributed by atoms with van der Waals surface area (Å²) in [7, 11) is 0. The molecule has 23 heavy (non-hydrogen) atoms. The quantitative estimate of drug-likeness (QED) is 0.780. The second kappa shape index (κ2) is 6.92. The van der Waals surface area contributed by atoms with Gasteiger partial charge in [0.2, 0.25) is 0 Å². The first-order chi connectivity index (χ1) is 11.2. The highest BCUT2D eigenvalue weighted by molar-refractivity contribution is 6.04. The highest BCUT2D eigenvalue weighted by Crippen LogP contribution is 2.14. The Morgan fingerprint density at radius 1 is 1.09 bits per heavy atom. The first-order valence-electron chi connectivity index (χ1n) is 7.71. The standard InChI is InChI=1S/C19H19N3O/c1-2-15-7-9-17(10-8-15)19(23)21-18-6-3-5-16(13-18)14-22-12-4-11-20-22/h3-13H,2,14H2,1H3,(H,21,23). The van der Waals surface area contributed by atoms with E-state index in [0.29, 0.717) is 12.1 Å². The fraction of sp³-hybridized carbons (Fsp3) is 0.158. The van der Waals surface area contributed by atoms with Crippen LogP contribution in [0.5, 0.6) is 0 Å². The van der Waals surface area contributed by atoms with Crippen molar-refractivity contribution in [3.05, 3.63) is 83.7 Å². The lowest BCUT2D eigenvalue weighted by atomic mass is 10.1. The summed E-state index contributed by atoms with van der Waals surface area (Å²) in [6, 6.07) is 17.4. The van der Waals surface area contributed by atoms with E-state index in [0.717, 1.165) is 17.7 Å². The predicted octanol–water partition coefficient (Wildman–Crippen LogP) is 3.75. The molecule has 0 unspecified atom stereocenters. The van der Waals surface area contributed by atoms with Crippen LogP contribution in [0.3, 0.4) is 0 Å². The maximum Gasteiger partial charge on any atom is 0.255 e. The summed E-state index contributed by atoms with van der Waals surface area (Å²) in [6.45, 7) is 2.78. The van der Waals surface area contributed by atoms with Gasteiger partial charge in [0, 0.05) is 23.6 Å². The Labute approximate surface area is 135 Å². The molecule has 4 nitrogen and oxygen atoms in total. The molecule has 1 amide bonds. The summed E-state index contributed by atoms with van der Waals surface area (Å²) < 4.78 is 1.85. The molecular formula is C19H19N3O. The van der Waals surface area contributed by atoms with Gasteiger partial charge in [0.1, 0.15) is 0 Å². The Morgan fingerprint density at radius 3 is 2.61 bits per heavy atom. The molecule has 2 aromatic carbocycles. The number of rotatable bonds is 5. The third-order valence-electron chi connectivity index (χ3n) is 3.71. The maximum absolute atomic E-state index is 12.3. The van der Waals surface area contributed by atoms with Crippen LogP contribution in [0.15, 0.2) is 67.0 Å². The van der Waals surface area contributed by atoms with Gasteiger partial charge < -0.3 is 5.32 Å². The third-order valence-corrected chi connectivity index (χ3v) is 3.71. The van der Waals surface area contributed by atoms with Gasteiger partial charge in [-0.25, -0.2) is 0 Å². The summed E-state index contributed by atoms with van der Waals surface area (Å²) in [6.07, 6.45) is 4.64. The van der Waals surface area contributed by atoms with Crippen molar-refractivity contribution in [3.8, 4) is 0 Å². The van der Waals surface area contributed by atoms with Crippen molar-refractivity contribution in [1.82, 2.24) is 9.78 Å². The number of nitrogens with one attached hydrogen (secondary N) is 1. The molecule has 116 valence electrons. The highest BCUT2D eigenvalue weighted by atomic mass is 16.1. The van der Waals surface area contributed by atoms with E-state index < -0.39 is 0 Å². The van der Waals surface area contributed by atoms with Crippen molar-refractivity contribution in [2.45, 2.75) is 19.9 Å². The SMILES string of the molecule is CCc1ccc(C(=O)Nc2cccc(Cn3cccn3)c2)cc1. The lowest BCUT2D eigenvalue weighted by molar-refractivity contribution is 0.102. The molecule has 1 heterocycles. The molecule has 0 spiro atoms. The summed E-state index contributed by atoms with van der Waals surface area (Å²) in [4.78, 5) is 12.3. The smallest absolute Gasteiger partial charge is 0.255 e. The normalized spacial score (nSPS) is 10.5. The third kappa shape index (κ3) is 3.86. The van der Waals surface area contributed by atoms with Crippen molar-refractivity contribution in [3.63, 3.8) is 0 Å². The van der Waals surface area contributed by atoms with Crippen LogP contribution in [-0.4, -0.2) is 15.7 Å². The monoisotopic (exact) mass is 305 g/mol. The van der Waals surface area contributed by atoms with E-state index in [1.54, 1.807) is 6.20 Å². The molecule has 0 saturated heterocycles. The van der Waals surface area contributed by atoms with Gasteiger partial charge in [0.05, 0.1) is 6.54 Å². The van der Waals surface area contributed by atoms with Crippen LogP contribution < -0.4 is 5.32 Å². The summed E-state index contributed by atoms with van der Waals surface area (Å²) >= 11 is 0. The van der Waals surface area contributed by atoms with Crippen LogP contribution in [0, 0.1) is 0 Å². The van der Waals surface area contributed by atoms with Crippen molar-refractivity contribution >= 4 is 11.6 Å². The Bertz CT molecular complexity index is 777. The van der Waals surface area contributed by atoms with E-state index in [-0.39, 0.29) is 5.91 Å². The fourth-order valence-corrected chi connectivity index (χ4v) is 2.42. The minimum atomic E-state index is -0.0936. The number of hydrogen-bond acceptors (Lipinski definition) is 2. The van der Waals surface area contributed by atoms with Crippen LogP contribution in [0.1, 0.15) is 28.4 Å². The number of benzene rings is 2. The van der Waals surface area contributed by atoms with Gasteiger partial charge in [-0.3, -0.25) is 9.48 Å². The number of amides is 1. The zero-order chi connectivity index (χ0) is 16.1. The number of aromatic nitrogens is 2. The predicted molar refractivity (Wildman–Crippen MR) is 91.5 cm³/mol. The van der Waals surface area contributed by atoms with Gasteiger partial charge in [-0.1, -0.05) is 31.2 Å². The van der Waals surface area contributed by atoms with Crippen LogP contribution in [0.25, 0.3) is 0 Å². The molecule has 0 fully saturated rings. The van der Waals surface area contributed by atoms with Crippen LogP contribution in [-0.2, 0) is 13.0 Å². The van der Waals surface area contributed by atoms with E-state index in [1.165, 1.54) is 5.56 Å². The number of carbonyl (C=O) groups is 1. The van der Waals surface area contributed by atoms with Crippen LogP contribution in [0.2, 0.25) is 0 Å². The minimum absolute atomic E-state index is 0.0936. The van der Waals surface area contributed by atoms with Crippen molar-refractivity contribution in [2.24, 2.45) is 0 Å². The maximum atomic E-state index is 12.3. The van der Waals surface area contributed by atoms with Crippen molar-refractivity contribution in [1.29, 1.82) is 0 Å². The number of aryl methyl sites for hydroxylation is 1. The Kier molecular flexibility index (Phi) is 4.52. The molecule has 3 rings (SSSR count). The molecule has 4 heteroatoms. The molecule has 0 aliphatic heterocycles. The fourth-order valence-electron chi connectivity index (χ4n) is 2.42. The summed E-state index contributed by atoms with van der Waals surface area (Å²) in [5.41, 5.74) is 3.77. The van der Waals surface area contributed by atoms with Crippen LogP contribution in [0.4, 0.5) is 5.69 Å². The zero-order valence-electron chi connectivity index (χ0n) is 13.1. The van der Waals surface area contributed by atoms with Crippen molar-refractivity contribution < 1.29 is 4.79 Å². The summed E-state index contributed by atoms with van der Waals surface area (Å²) in [5.74, 6) is -0.0936. The molecule has 3 aromatic rings. The minimum Gasteiger partial charge on any atom is -0.322 e. The molecule has 1 N–H and O–H groups in total. The van der Waals surface area contributed by atoms with E-state index >= 15 is 0 Å². The number of nitrogens with zero attached hydrogens (tertiary/aromatic N) is 2. The molecule has 1 aromatic heterocycles. The summed E-state index contributed by atoms with van der Waals surface area (Å²) in [5, 5.41) is 7.14. The van der Waals surface area contributed by atoms with Gasteiger partial charge in [-0.05, 0) is 47.9 Å². The Hall–Kier alpha value is -2.88. The van der Waals surface area contributed by atoms with Crippen LogP contribution >= 0.6 is 0 Å². The molecule has 0 radical (unpaired) electrons. The molecule has 0 atom stereocenters. The Balaban J connectivity index is 1.70. The molecular weight excluding hydrogens is 286 g/mol. The topological polar surface area (TPSA) is 46.9 Å². The average Bonchev–Trinajstić information content (AvgIpc) is 3.08. The van der Waals surface area contributed by atoms with E-state index in [9.17, 15) is 4.79 Å². The van der Waals surface area contributed by atoms with Crippen molar-refractivity contribution in [2.75, 3.05) is 5.32 Å². The van der Waals surface area contributed by atoms with E-state index in [1.807, 2.05) is 65.5 Å². The molecule has 0 bridgehead atoms. The first-order valence-corrected chi connectivity index (χ1v) is 7.71. The van der Waals surface area contributed by atoms with E-state index in [4.69, 9.17) is 0 Å². The highest BCUT2D eigenvalue weighted by Gasteiger charge is 2.06. The molecule has 0 aliphatic carbocycles. The molecule has 0 aliphatic rings. The van der Waals surface area contributed by atoms with Gasteiger partial charge in [-0.15, -0.1) is 0 Å². The molecule has 0 saturated carbocycles.